The summed E-state index contributed by atoms with van der Waals surface area (Å²) in [7, 11) is 4.45. The molecule has 0 unspecified atom stereocenters. The van der Waals surface area contributed by atoms with E-state index < -0.39 is 0 Å². The van der Waals surface area contributed by atoms with Gasteiger partial charge in [-0.1, -0.05) is 96.8 Å². The van der Waals surface area contributed by atoms with E-state index >= 15 is 0 Å². The van der Waals surface area contributed by atoms with Gasteiger partial charge in [-0.15, -0.1) is 0 Å². The normalized spacial score (nSPS) is 12.0. The molecular formula is C21H47N2+. The van der Waals surface area contributed by atoms with Gasteiger partial charge in [0.1, 0.15) is 6.67 Å². The molecule has 0 fully saturated rings. The van der Waals surface area contributed by atoms with Crippen LogP contribution in [0.4, 0.5) is 0 Å². The maximum absolute atomic E-state index is 5.74. The Bertz CT molecular complexity index is 226. The molecule has 0 saturated carbocycles. The third-order valence-electron chi connectivity index (χ3n) is 5.11. The number of nitrogens with two attached hydrogens (primary N) is 1. The first-order chi connectivity index (χ1) is 11.1. The Hall–Kier alpha value is -0.0800. The standard InChI is InChI=1S/C21H47N2/c1-4-5-6-7-8-9-10-11-12-13-14-15-16-17-18-19-20-23(2,3)21-22/h4-22H2,1-3H3/q+1. The molecule has 0 aliphatic heterocycles. The summed E-state index contributed by atoms with van der Waals surface area (Å²) in [6.45, 7) is 4.29. The molecule has 0 heterocycles. The molecule has 0 aromatic carbocycles. The van der Waals surface area contributed by atoms with Gasteiger partial charge in [0.2, 0.25) is 0 Å². The number of hydrogen-bond acceptors (Lipinski definition) is 1. The molecule has 0 aliphatic carbocycles. The summed E-state index contributed by atoms with van der Waals surface area (Å²) < 4.78 is 0.971. The summed E-state index contributed by atoms with van der Waals surface area (Å²) in [6.07, 6.45) is 23.0. The largest absolute Gasteiger partial charge is 0.316 e. The third-order valence-corrected chi connectivity index (χ3v) is 5.11. The summed E-state index contributed by atoms with van der Waals surface area (Å²) >= 11 is 0. The Kier molecular flexibility index (Phi) is 16.7. The van der Waals surface area contributed by atoms with E-state index in [1.165, 1.54) is 109 Å². The van der Waals surface area contributed by atoms with Crippen LogP contribution in [0.1, 0.15) is 110 Å². The molecule has 0 bridgehead atoms. The highest BCUT2D eigenvalue weighted by molar-refractivity contribution is 4.50. The van der Waals surface area contributed by atoms with Crippen LogP contribution >= 0.6 is 0 Å². The fourth-order valence-electron chi connectivity index (χ4n) is 3.18. The summed E-state index contributed by atoms with van der Waals surface area (Å²) in [5.41, 5.74) is 5.74. The predicted molar refractivity (Wildman–Crippen MR) is 106 cm³/mol. The molecule has 0 saturated heterocycles. The number of quaternary nitrogens is 1. The lowest BCUT2D eigenvalue weighted by atomic mass is 10.0. The highest BCUT2D eigenvalue weighted by atomic mass is 15.3. The Morgan fingerprint density at radius 3 is 1.13 bits per heavy atom. The zero-order valence-corrected chi connectivity index (χ0v) is 16.8. The second-order valence-corrected chi connectivity index (χ2v) is 8.15. The van der Waals surface area contributed by atoms with Crippen LogP contribution in [0.2, 0.25) is 0 Å². The van der Waals surface area contributed by atoms with Crippen LogP contribution in [0.3, 0.4) is 0 Å². The van der Waals surface area contributed by atoms with Crippen LogP contribution in [0.25, 0.3) is 0 Å². The Morgan fingerprint density at radius 1 is 0.522 bits per heavy atom. The number of nitrogens with zero attached hydrogens (tertiary/aromatic N) is 1. The Labute approximate surface area is 147 Å². The van der Waals surface area contributed by atoms with Crippen LogP contribution in [-0.4, -0.2) is 31.8 Å². The van der Waals surface area contributed by atoms with Crippen molar-refractivity contribution < 1.29 is 4.48 Å². The smallest absolute Gasteiger partial charge is 0.129 e. The average Bonchev–Trinajstić information content (AvgIpc) is 2.54. The molecule has 2 N–H and O–H groups in total. The quantitative estimate of drug-likeness (QED) is 0.180. The van der Waals surface area contributed by atoms with Gasteiger partial charge in [-0.2, -0.15) is 0 Å². The van der Waals surface area contributed by atoms with Crippen LogP contribution in [-0.2, 0) is 0 Å². The van der Waals surface area contributed by atoms with E-state index in [0.717, 1.165) is 11.2 Å². The van der Waals surface area contributed by atoms with E-state index in [2.05, 4.69) is 21.0 Å². The molecule has 0 amide bonds. The fraction of sp³-hybridized carbons (Fsp3) is 1.00. The lowest BCUT2D eigenvalue weighted by molar-refractivity contribution is -0.890. The van der Waals surface area contributed by atoms with Crippen molar-refractivity contribution in [3.63, 3.8) is 0 Å². The molecule has 0 aliphatic rings. The Morgan fingerprint density at radius 2 is 0.826 bits per heavy atom. The van der Waals surface area contributed by atoms with Gasteiger partial charge in [-0.3, -0.25) is 5.73 Å². The first-order valence-corrected chi connectivity index (χ1v) is 10.6. The van der Waals surface area contributed by atoms with Gasteiger partial charge < -0.3 is 4.48 Å². The lowest BCUT2D eigenvalue weighted by Gasteiger charge is -2.27. The highest BCUT2D eigenvalue weighted by Crippen LogP contribution is 2.14. The summed E-state index contributed by atoms with van der Waals surface area (Å²) in [4.78, 5) is 0. The van der Waals surface area contributed by atoms with Crippen LogP contribution < -0.4 is 5.73 Å². The van der Waals surface area contributed by atoms with Gasteiger partial charge >= 0.3 is 0 Å². The van der Waals surface area contributed by atoms with Gasteiger partial charge in [0.15, 0.2) is 0 Å². The second kappa shape index (κ2) is 16.8. The maximum atomic E-state index is 5.74. The number of unbranched alkanes of at least 4 members (excludes halogenated alkanes) is 15. The van der Waals surface area contributed by atoms with Crippen LogP contribution in [0, 0.1) is 0 Å². The van der Waals surface area contributed by atoms with Crippen molar-refractivity contribution in [2.75, 3.05) is 27.3 Å². The minimum atomic E-state index is 0.763. The van der Waals surface area contributed by atoms with Gasteiger partial charge in [0.05, 0.1) is 20.6 Å². The number of rotatable bonds is 18. The van der Waals surface area contributed by atoms with Crippen molar-refractivity contribution in [3.05, 3.63) is 0 Å². The molecule has 0 rings (SSSR count). The molecule has 140 valence electrons. The number of hydrogen-bond donors (Lipinski definition) is 1. The van der Waals surface area contributed by atoms with E-state index in [-0.39, 0.29) is 0 Å². The van der Waals surface area contributed by atoms with Crippen molar-refractivity contribution in [1.82, 2.24) is 0 Å². The minimum Gasteiger partial charge on any atom is -0.316 e. The van der Waals surface area contributed by atoms with Crippen molar-refractivity contribution in [2.45, 2.75) is 110 Å². The first-order valence-electron chi connectivity index (χ1n) is 10.6. The second-order valence-electron chi connectivity index (χ2n) is 8.15. The first kappa shape index (κ1) is 22.9. The van der Waals surface area contributed by atoms with Gasteiger partial charge in [-0.05, 0) is 12.8 Å². The van der Waals surface area contributed by atoms with Gasteiger partial charge in [0, 0.05) is 0 Å². The SMILES string of the molecule is CCCCCCCCCCCCCCCCCC[N+](C)(C)CN. The molecule has 0 radical (unpaired) electrons. The monoisotopic (exact) mass is 327 g/mol. The predicted octanol–water partition coefficient (Wildman–Crippen LogP) is 6.24. The molecule has 0 aromatic rings. The van der Waals surface area contributed by atoms with Crippen molar-refractivity contribution in [2.24, 2.45) is 5.73 Å². The van der Waals surface area contributed by atoms with Crippen LogP contribution in [0.5, 0.6) is 0 Å². The maximum Gasteiger partial charge on any atom is 0.129 e. The zero-order chi connectivity index (χ0) is 17.2. The van der Waals surface area contributed by atoms with Gasteiger partial charge in [-0.25, -0.2) is 0 Å². The molecular weight excluding hydrogens is 280 g/mol. The molecule has 0 aromatic heterocycles. The van der Waals surface area contributed by atoms with Crippen molar-refractivity contribution in [1.29, 1.82) is 0 Å². The average molecular weight is 328 g/mol. The molecule has 0 atom stereocenters. The molecule has 23 heavy (non-hydrogen) atoms. The topological polar surface area (TPSA) is 26.0 Å². The van der Waals surface area contributed by atoms with E-state index in [9.17, 15) is 0 Å². The lowest BCUT2D eigenvalue weighted by Crippen LogP contribution is -2.44. The zero-order valence-electron chi connectivity index (χ0n) is 16.8. The van der Waals surface area contributed by atoms with E-state index in [1.54, 1.807) is 0 Å². The highest BCUT2D eigenvalue weighted by Gasteiger charge is 2.10. The molecule has 2 nitrogen and oxygen atoms in total. The summed E-state index contributed by atoms with van der Waals surface area (Å²) in [5.74, 6) is 0. The summed E-state index contributed by atoms with van der Waals surface area (Å²) in [5, 5.41) is 0. The van der Waals surface area contributed by atoms with E-state index in [0.29, 0.717) is 0 Å². The van der Waals surface area contributed by atoms with E-state index in [4.69, 9.17) is 5.73 Å². The van der Waals surface area contributed by atoms with E-state index in [1.807, 2.05) is 0 Å². The van der Waals surface area contributed by atoms with Crippen LogP contribution in [0.15, 0.2) is 0 Å². The van der Waals surface area contributed by atoms with Gasteiger partial charge in [0.25, 0.3) is 0 Å². The third kappa shape index (κ3) is 18.1. The summed E-state index contributed by atoms with van der Waals surface area (Å²) in [6, 6.07) is 0. The fourth-order valence-corrected chi connectivity index (χ4v) is 3.18. The Balaban J connectivity index is 3.05. The van der Waals surface area contributed by atoms with Crippen molar-refractivity contribution >= 4 is 0 Å². The molecule has 0 spiro atoms. The minimum absolute atomic E-state index is 0.763. The van der Waals surface area contributed by atoms with Crippen molar-refractivity contribution in [3.8, 4) is 0 Å². The molecule has 2 heteroatoms.